The Hall–Kier alpha value is -2.07. The topological polar surface area (TPSA) is 41.6 Å². The van der Waals surface area contributed by atoms with Crippen LogP contribution >= 0.6 is 12.2 Å². The number of rotatable bonds is 1. The molecular formula is C14H11N3S. The predicted molar refractivity (Wildman–Crippen MR) is 74.9 cm³/mol. The molecule has 4 heteroatoms. The average Bonchev–Trinajstić information content (AvgIpc) is 2.39. The van der Waals surface area contributed by atoms with Crippen molar-refractivity contribution in [1.29, 1.82) is 0 Å². The normalized spacial score (nSPS) is 10.7. The van der Waals surface area contributed by atoms with Crippen molar-refractivity contribution >= 4 is 23.1 Å². The van der Waals surface area contributed by atoms with E-state index in [1.165, 1.54) is 0 Å². The smallest absolute Gasteiger partial charge is 0.130 e. The van der Waals surface area contributed by atoms with Gasteiger partial charge in [-0.3, -0.25) is 9.97 Å². The summed E-state index contributed by atoms with van der Waals surface area (Å²) in [6.45, 7) is 2.03. The van der Waals surface area contributed by atoms with E-state index in [9.17, 15) is 0 Å². The first kappa shape index (κ1) is 11.0. The van der Waals surface area contributed by atoms with Crippen LogP contribution in [0, 0.1) is 11.6 Å². The highest BCUT2D eigenvalue weighted by molar-refractivity contribution is 7.71. The maximum atomic E-state index is 5.34. The Bertz CT molecular complexity index is 777. The first-order valence-electron chi connectivity index (χ1n) is 5.66. The van der Waals surface area contributed by atoms with Crippen LogP contribution in [0.3, 0.4) is 0 Å². The minimum atomic E-state index is 0.646. The number of aromatic amines is 1. The molecule has 18 heavy (non-hydrogen) atoms. The van der Waals surface area contributed by atoms with Crippen molar-refractivity contribution < 1.29 is 0 Å². The summed E-state index contributed by atoms with van der Waals surface area (Å²) in [7, 11) is 0. The largest absolute Gasteiger partial charge is 0.343 e. The Kier molecular flexibility index (Phi) is 2.64. The zero-order valence-corrected chi connectivity index (χ0v) is 10.7. The summed E-state index contributed by atoms with van der Waals surface area (Å²) in [6, 6.07) is 9.91. The Balaban J connectivity index is 2.32. The van der Waals surface area contributed by atoms with Crippen LogP contribution in [0.25, 0.3) is 22.3 Å². The molecule has 0 aliphatic carbocycles. The molecule has 3 aromatic heterocycles. The fourth-order valence-corrected chi connectivity index (χ4v) is 2.27. The molecule has 1 N–H and O–H groups in total. The van der Waals surface area contributed by atoms with E-state index in [0.717, 1.165) is 27.9 Å². The molecule has 0 aliphatic rings. The number of nitrogens with one attached hydrogen (secondary N) is 1. The Morgan fingerprint density at radius 1 is 1.11 bits per heavy atom. The second-order valence-corrected chi connectivity index (χ2v) is 4.53. The van der Waals surface area contributed by atoms with Crippen molar-refractivity contribution in [2.75, 3.05) is 0 Å². The van der Waals surface area contributed by atoms with Gasteiger partial charge in [0.2, 0.25) is 0 Å². The highest BCUT2D eigenvalue weighted by atomic mass is 32.1. The Morgan fingerprint density at radius 2 is 1.89 bits per heavy atom. The molecule has 0 radical (unpaired) electrons. The fourth-order valence-electron chi connectivity index (χ4n) is 1.99. The number of fused-ring (bicyclic) bond motifs is 1. The Morgan fingerprint density at radius 3 is 2.72 bits per heavy atom. The van der Waals surface area contributed by atoms with E-state index in [0.29, 0.717) is 4.64 Å². The predicted octanol–water partition coefficient (Wildman–Crippen LogP) is 3.66. The van der Waals surface area contributed by atoms with Gasteiger partial charge in [-0.15, -0.1) is 0 Å². The van der Waals surface area contributed by atoms with Gasteiger partial charge in [0, 0.05) is 17.8 Å². The molecule has 3 aromatic rings. The number of hydrogen-bond acceptors (Lipinski definition) is 3. The van der Waals surface area contributed by atoms with E-state index in [1.54, 1.807) is 12.4 Å². The van der Waals surface area contributed by atoms with Crippen molar-refractivity contribution in [2.45, 2.75) is 6.92 Å². The van der Waals surface area contributed by atoms with Gasteiger partial charge in [0.15, 0.2) is 0 Å². The van der Waals surface area contributed by atoms with Crippen molar-refractivity contribution in [3.8, 4) is 11.4 Å². The van der Waals surface area contributed by atoms with E-state index >= 15 is 0 Å². The number of nitrogens with zero attached hydrogens (tertiary/aromatic N) is 2. The molecular weight excluding hydrogens is 242 g/mol. The van der Waals surface area contributed by atoms with Crippen molar-refractivity contribution in [3.63, 3.8) is 0 Å². The molecule has 3 nitrogen and oxygen atoms in total. The number of aryl methyl sites for hydroxylation is 1. The molecule has 0 bridgehead atoms. The van der Waals surface area contributed by atoms with E-state index in [2.05, 4.69) is 15.0 Å². The third-order valence-electron chi connectivity index (χ3n) is 2.87. The first-order valence-corrected chi connectivity index (χ1v) is 6.06. The summed E-state index contributed by atoms with van der Waals surface area (Å²) in [5, 5.41) is 1.03. The summed E-state index contributed by atoms with van der Waals surface area (Å²) in [4.78, 5) is 11.9. The molecule has 0 unspecified atom stereocenters. The number of pyridine rings is 3. The molecule has 0 saturated carbocycles. The van der Waals surface area contributed by atoms with E-state index in [4.69, 9.17) is 12.2 Å². The van der Waals surface area contributed by atoms with Crippen LogP contribution in [0.1, 0.15) is 5.56 Å². The summed E-state index contributed by atoms with van der Waals surface area (Å²) in [5.41, 5.74) is 3.80. The highest BCUT2D eigenvalue weighted by Gasteiger charge is 2.05. The van der Waals surface area contributed by atoms with Crippen LogP contribution in [-0.4, -0.2) is 15.0 Å². The summed E-state index contributed by atoms with van der Waals surface area (Å²) >= 11 is 5.34. The van der Waals surface area contributed by atoms with Crippen LogP contribution < -0.4 is 0 Å². The van der Waals surface area contributed by atoms with Crippen molar-refractivity contribution in [1.82, 2.24) is 15.0 Å². The molecule has 3 rings (SSSR count). The fraction of sp³-hybridized carbons (Fsp3) is 0.0714. The minimum absolute atomic E-state index is 0.646. The van der Waals surface area contributed by atoms with Gasteiger partial charge < -0.3 is 4.98 Å². The van der Waals surface area contributed by atoms with E-state index in [1.807, 2.05) is 37.3 Å². The summed E-state index contributed by atoms with van der Waals surface area (Å²) in [5.74, 6) is 0. The molecule has 0 fully saturated rings. The third-order valence-corrected chi connectivity index (χ3v) is 3.16. The van der Waals surface area contributed by atoms with Crippen LogP contribution in [0.5, 0.6) is 0 Å². The lowest BCUT2D eigenvalue weighted by Gasteiger charge is -2.06. The van der Waals surface area contributed by atoms with Crippen LogP contribution in [0.2, 0.25) is 0 Å². The maximum Gasteiger partial charge on any atom is 0.130 e. The minimum Gasteiger partial charge on any atom is -0.343 e. The summed E-state index contributed by atoms with van der Waals surface area (Å²) < 4.78 is 0.646. The highest BCUT2D eigenvalue weighted by Crippen LogP contribution is 2.22. The SMILES string of the molecule is Cc1cccnc1-c1cc2cccnc2c(=S)[nH]1. The van der Waals surface area contributed by atoms with Gasteiger partial charge in [0.25, 0.3) is 0 Å². The molecule has 88 valence electrons. The van der Waals surface area contributed by atoms with Gasteiger partial charge in [-0.05, 0) is 30.7 Å². The van der Waals surface area contributed by atoms with Gasteiger partial charge in [0.05, 0.1) is 11.4 Å². The monoisotopic (exact) mass is 253 g/mol. The second-order valence-electron chi connectivity index (χ2n) is 4.12. The molecule has 0 spiro atoms. The van der Waals surface area contributed by atoms with Crippen LogP contribution in [0.4, 0.5) is 0 Å². The van der Waals surface area contributed by atoms with Crippen molar-refractivity contribution in [2.24, 2.45) is 0 Å². The molecule has 3 heterocycles. The van der Waals surface area contributed by atoms with Gasteiger partial charge >= 0.3 is 0 Å². The van der Waals surface area contributed by atoms with Gasteiger partial charge in [-0.1, -0.05) is 24.4 Å². The van der Waals surface area contributed by atoms with Crippen molar-refractivity contribution in [3.05, 3.63) is 52.9 Å². The number of aromatic nitrogens is 3. The quantitative estimate of drug-likeness (QED) is 0.673. The van der Waals surface area contributed by atoms with E-state index < -0.39 is 0 Å². The second kappa shape index (κ2) is 4.31. The van der Waals surface area contributed by atoms with Crippen LogP contribution in [-0.2, 0) is 0 Å². The molecule has 0 saturated heterocycles. The van der Waals surface area contributed by atoms with E-state index in [-0.39, 0.29) is 0 Å². The zero-order valence-electron chi connectivity index (χ0n) is 9.84. The lowest BCUT2D eigenvalue weighted by Crippen LogP contribution is -1.92. The lowest BCUT2D eigenvalue weighted by atomic mass is 10.1. The van der Waals surface area contributed by atoms with Gasteiger partial charge in [-0.2, -0.15) is 0 Å². The summed E-state index contributed by atoms with van der Waals surface area (Å²) in [6.07, 6.45) is 3.53. The Labute approximate surface area is 110 Å². The first-order chi connectivity index (χ1) is 8.75. The average molecular weight is 253 g/mol. The number of H-pyrrole nitrogens is 1. The maximum absolute atomic E-state index is 5.34. The van der Waals surface area contributed by atoms with Gasteiger partial charge in [0.1, 0.15) is 10.2 Å². The van der Waals surface area contributed by atoms with Crippen LogP contribution in [0.15, 0.2) is 42.7 Å². The standard InChI is InChI=1S/C14H11N3S/c1-9-4-2-6-15-12(9)11-8-10-5-3-7-16-13(10)14(18)17-11/h2-8H,1H3,(H,17,18). The molecule has 0 atom stereocenters. The molecule has 0 aliphatic heterocycles. The zero-order chi connectivity index (χ0) is 12.5. The third kappa shape index (κ3) is 1.80. The van der Waals surface area contributed by atoms with Gasteiger partial charge in [-0.25, -0.2) is 0 Å². The lowest BCUT2D eigenvalue weighted by molar-refractivity contribution is 1.21. The molecule has 0 amide bonds. The number of hydrogen-bond donors (Lipinski definition) is 1. The molecule has 0 aromatic carbocycles.